The molecule has 1 aromatic heterocycles. The number of aromatic nitrogens is 1. The molecular weight excluding hydrogens is 307 g/mol. The molecule has 106 valence electrons. The minimum Gasteiger partial charge on any atom is -0.437 e. The summed E-state index contributed by atoms with van der Waals surface area (Å²) in [6.45, 7) is 0.422. The molecule has 0 spiro atoms. The number of hydrogen-bond acceptors (Lipinski definition) is 3. The van der Waals surface area contributed by atoms with Gasteiger partial charge in [-0.15, -0.1) is 0 Å². The van der Waals surface area contributed by atoms with Crippen LogP contribution in [-0.2, 0) is 6.54 Å². The average Bonchev–Trinajstić information content (AvgIpc) is 2.52. The van der Waals surface area contributed by atoms with Gasteiger partial charge in [-0.3, -0.25) is 0 Å². The molecule has 0 bridgehead atoms. The van der Waals surface area contributed by atoms with Gasteiger partial charge in [0.05, 0.1) is 5.02 Å². The summed E-state index contributed by atoms with van der Waals surface area (Å²) in [4.78, 5) is 4.34. The van der Waals surface area contributed by atoms with E-state index in [0.29, 0.717) is 28.2 Å². The lowest BCUT2D eigenvalue weighted by molar-refractivity contribution is 0.469. The molecule has 5 heteroatoms. The molecule has 1 heterocycles. The normalized spacial score (nSPS) is 10.8. The van der Waals surface area contributed by atoms with Gasteiger partial charge >= 0.3 is 0 Å². The van der Waals surface area contributed by atoms with Crippen LogP contribution in [0.15, 0.2) is 48.7 Å². The Morgan fingerprint density at radius 1 is 1.00 bits per heavy atom. The number of nitrogens with two attached hydrogens (primary N) is 1. The highest BCUT2D eigenvalue weighted by atomic mass is 35.5. The Kier molecular flexibility index (Phi) is 3.97. The summed E-state index contributed by atoms with van der Waals surface area (Å²) in [5, 5.41) is 2.71. The van der Waals surface area contributed by atoms with Crippen molar-refractivity contribution in [2.45, 2.75) is 6.54 Å². The maximum atomic E-state index is 6.15. The van der Waals surface area contributed by atoms with Gasteiger partial charge in [0.2, 0.25) is 5.88 Å². The van der Waals surface area contributed by atoms with E-state index in [-0.39, 0.29) is 0 Å². The zero-order chi connectivity index (χ0) is 14.8. The van der Waals surface area contributed by atoms with Crippen LogP contribution in [0.1, 0.15) is 5.56 Å². The number of hydrogen-bond donors (Lipinski definition) is 1. The van der Waals surface area contributed by atoms with Gasteiger partial charge in [0.15, 0.2) is 0 Å². The van der Waals surface area contributed by atoms with Crippen molar-refractivity contribution < 1.29 is 4.74 Å². The van der Waals surface area contributed by atoms with Crippen LogP contribution in [-0.4, -0.2) is 4.98 Å². The summed E-state index contributed by atoms with van der Waals surface area (Å²) in [5.74, 6) is 0.953. The average molecular weight is 319 g/mol. The van der Waals surface area contributed by atoms with Crippen molar-refractivity contribution in [3.05, 3.63) is 64.3 Å². The standard InChI is InChI=1S/C16H12Cl2N2O/c17-13-6-3-7-14(15(13)18)21-16-12-5-2-1-4-11(12)10(8-19)9-20-16/h1-7,9H,8,19H2. The molecule has 0 aliphatic heterocycles. The lowest BCUT2D eigenvalue weighted by atomic mass is 10.1. The van der Waals surface area contributed by atoms with Crippen molar-refractivity contribution >= 4 is 34.0 Å². The zero-order valence-corrected chi connectivity index (χ0v) is 12.5. The van der Waals surface area contributed by atoms with E-state index < -0.39 is 0 Å². The molecular formula is C16H12Cl2N2O. The Morgan fingerprint density at radius 3 is 2.52 bits per heavy atom. The predicted octanol–water partition coefficient (Wildman–Crippen LogP) is 4.79. The van der Waals surface area contributed by atoms with Crippen LogP contribution in [0.2, 0.25) is 10.0 Å². The van der Waals surface area contributed by atoms with E-state index in [1.54, 1.807) is 24.4 Å². The Balaban J connectivity index is 2.11. The second-order valence-corrected chi connectivity index (χ2v) is 5.28. The van der Waals surface area contributed by atoms with Gasteiger partial charge in [0.25, 0.3) is 0 Å². The minimum absolute atomic E-state index is 0.368. The maximum Gasteiger partial charge on any atom is 0.227 e. The number of halogens is 2. The van der Waals surface area contributed by atoms with Crippen LogP contribution in [0.3, 0.4) is 0 Å². The largest absolute Gasteiger partial charge is 0.437 e. The van der Waals surface area contributed by atoms with E-state index in [9.17, 15) is 0 Å². The highest BCUT2D eigenvalue weighted by Crippen LogP contribution is 2.36. The third kappa shape index (κ3) is 2.68. The third-order valence-electron chi connectivity index (χ3n) is 3.18. The Morgan fingerprint density at radius 2 is 1.76 bits per heavy atom. The maximum absolute atomic E-state index is 6.15. The van der Waals surface area contributed by atoms with Gasteiger partial charge < -0.3 is 10.5 Å². The summed E-state index contributed by atoms with van der Waals surface area (Å²) in [5.41, 5.74) is 6.71. The van der Waals surface area contributed by atoms with Crippen LogP contribution in [0, 0.1) is 0 Å². The quantitative estimate of drug-likeness (QED) is 0.755. The number of fused-ring (bicyclic) bond motifs is 1. The molecule has 2 N–H and O–H groups in total. The van der Waals surface area contributed by atoms with Crippen LogP contribution in [0.4, 0.5) is 0 Å². The highest BCUT2D eigenvalue weighted by molar-refractivity contribution is 6.42. The first-order valence-corrected chi connectivity index (χ1v) is 7.15. The first-order chi connectivity index (χ1) is 10.2. The zero-order valence-electron chi connectivity index (χ0n) is 11.0. The smallest absolute Gasteiger partial charge is 0.227 e. The van der Waals surface area contributed by atoms with Crippen molar-refractivity contribution in [2.24, 2.45) is 5.73 Å². The molecule has 3 rings (SSSR count). The molecule has 0 radical (unpaired) electrons. The molecule has 0 saturated heterocycles. The Labute approximate surface area is 132 Å². The number of ether oxygens (including phenoxy) is 1. The van der Waals surface area contributed by atoms with Crippen molar-refractivity contribution in [1.82, 2.24) is 4.98 Å². The fourth-order valence-corrected chi connectivity index (χ4v) is 2.47. The van der Waals surface area contributed by atoms with E-state index in [1.165, 1.54) is 0 Å². The molecule has 0 saturated carbocycles. The SMILES string of the molecule is NCc1cnc(Oc2cccc(Cl)c2Cl)c2ccccc12. The van der Waals surface area contributed by atoms with Gasteiger partial charge in [-0.1, -0.05) is 47.5 Å². The van der Waals surface area contributed by atoms with Gasteiger partial charge in [-0.05, 0) is 29.1 Å². The molecule has 0 unspecified atom stereocenters. The Bertz CT molecular complexity index is 805. The van der Waals surface area contributed by atoms with E-state index in [0.717, 1.165) is 16.3 Å². The molecule has 0 atom stereocenters. The molecule has 3 nitrogen and oxygen atoms in total. The molecule has 0 fully saturated rings. The lowest BCUT2D eigenvalue weighted by Crippen LogP contribution is -2.00. The van der Waals surface area contributed by atoms with Gasteiger partial charge in [-0.25, -0.2) is 4.98 Å². The topological polar surface area (TPSA) is 48.1 Å². The van der Waals surface area contributed by atoms with Crippen LogP contribution in [0.5, 0.6) is 11.6 Å². The third-order valence-corrected chi connectivity index (χ3v) is 3.99. The predicted molar refractivity (Wildman–Crippen MR) is 86.2 cm³/mol. The number of pyridine rings is 1. The van der Waals surface area contributed by atoms with Crippen molar-refractivity contribution in [3.8, 4) is 11.6 Å². The van der Waals surface area contributed by atoms with E-state index >= 15 is 0 Å². The minimum atomic E-state index is 0.368. The van der Waals surface area contributed by atoms with Crippen LogP contribution >= 0.6 is 23.2 Å². The fourth-order valence-electron chi connectivity index (χ4n) is 2.14. The van der Waals surface area contributed by atoms with Gasteiger partial charge in [0.1, 0.15) is 10.8 Å². The first kappa shape index (κ1) is 14.1. The molecule has 2 aromatic carbocycles. The summed E-state index contributed by atoms with van der Waals surface area (Å²) in [6, 6.07) is 13.1. The molecule has 3 aromatic rings. The van der Waals surface area contributed by atoms with E-state index in [4.69, 9.17) is 33.7 Å². The molecule has 21 heavy (non-hydrogen) atoms. The van der Waals surface area contributed by atoms with Gasteiger partial charge in [-0.2, -0.15) is 0 Å². The monoisotopic (exact) mass is 318 g/mol. The second-order valence-electron chi connectivity index (χ2n) is 4.49. The van der Waals surface area contributed by atoms with Crippen LogP contribution in [0.25, 0.3) is 10.8 Å². The number of benzene rings is 2. The lowest BCUT2D eigenvalue weighted by Gasteiger charge is -2.11. The number of nitrogens with zero attached hydrogens (tertiary/aromatic N) is 1. The summed E-state index contributed by atoms with van der Waals surface area (Å²) in [7, 11) is 0. The summed E-state index contributed by atoms with van der Waals surface area (Å²) >= 11 is 12.1. The second kappa shape index (κ2) is 5.90. The van der Waals surface area contributed by atoms with Crippen molar-refractivity contribution in [1.29, 1.82) is 0 Å². The Hall–Kier alpha value is -1.81. The summed E-state index contributed by atoms with van der Waals surface area (Å²) in [6.07, 6.45) is 1.72. The molecule has 0 aliphatic carbocycles. The van der Waals surface area contributed by atoms with Crippen LogP contribution < -0.4 is 10.5 Å². The van der Waals surface area contributed by atoms with E-state index in [2.05, 4.69) is 4.98 Å². The van der Waals surface area contributed by atoms with E-state index in [1.807, 2.05) is 24.3 Å². The highest BCUT2D eigenvalue weighted by Gasteiger charge is 2.11. The molecule has 0 amide bonds. The van der Waals surface area contributed by atoms with Crippen molar-refractivity contribution in [3.63, 3.8) is 0 Å². The molecule has 0 aliphatic rings. The van der Waals surface area contributed by atoms with Crippen molar-refractivity contribution in [2.75, 3.05) is 0 Å². The number of rotatable bonds is 3. The summed E-state index contributed by atoms with van der Waals surface area (Å²) < 4.78 is 5.83. The van der Waals surface area contributed by atoms with Gasteiger partial charge in [0, 0.05) is 18.1 Å². The first-order valence-electron chi connectivity index (χ1n) is 6.39. The fraction of sp³-hybridized carbons (Fsp3) is 0.0625.